The molecule has 8 nitrogen and oxygen atoms in total. The predicted octanol–water partition coefficient (Wildman–Crippen LogP) is 2.90. The van der Waals surface area contributed by atoms with Crippen molar-refractivity contribution in [3.05, 3.63) is 54.1 Å². The first kappa shape index (κ1) is 25.2. The third-order valence-corrected chi connectivity index (χ3v) is 6.50. The zero-order valence-corrected chi connectivity index (χ0v) is 20.3. The van der Waals surface area contributed by atoms with E-state index in [0.717, 1.165) is 5.56 Å². The number of ketones is 1. The molecule has 2 unspecified atom stereocenters. The minimum absolute atomic E-state index is 0.225. The van der Waals surface area contributed by atoms with Gasteiger partial charge in [-0.25, -0.2) is 4.79 Å². The van der Waals surface area contributed by atoms with Crippen LogP contribution in [0, 0.1) is 11.8 Å². The van der Waals surface area contributed by atoms with E-state index in [2.05, 4.69) is 0 Å². The summed E-state index contributed by atoms with van der Waals surface area (Å²) >= 11 is 0. The Morgan fingerprint density at radius 3 is 2.29 bits per heavy atom. The van der Waals surface area contributed by atoms with Gasteiger partial charge < -0.3 is 20.9 Å². The van der Waals surface area contributed by atoms with Crippen LogP contribution in [0.5, 0.6) is 5.75 Å². The number of nitrogens with zero attached hydrogens (tertiary/aromatic N) is 1. The molecule has 1 heterocycles. The maximum atomic E-state index is 13.8. The van der Waals surface area contributed by atoms with E-state index >= 15 is 0 Å². The second-order valence-corrected chi connectivity index (χ2v) is 9.10. The lowest BCUT2D eigenvalue weighted by molar-refractivity contribution is -0.157. The predicted molar refractivity (Wildman–Crippen MR) is 130 cm³/mol. The van der Waals surface area contributed by atoms with Gasteiger partial charge in [0.15, 0.2) is 5.78 Å². The van der Waals surface area contributed by atoms with Crippen LogP contribution in [-0.4, -0.2) is 43.0 Å². The van der Waals surface area contributed by atoms with Gasteiger partial charge in [0.2, 0.25) is 11.4 Å². The molecule has 1 aliphatic rings. The fourth-order valence-electron chi connectivity index (χ4n) is 5.15. The van der Waals surface area contributed by atoms with Gasteiger partial charge in [0, 0.05) is 28.8 Å². The molecule has 0 saturated heterocycles. The number of amides is 1. The number of fused-ring (bicyclic) bond motifs is 1. The van der Waals surface area contributed by atoms with E-state index in [4.69, 9.17) is 20.9 Å². The fraction of sp³-hybridized carbons (Fsp3) is 0.423. The van der Waals surface area contributed by atoms with E-state index < -0.39 is 41.1 Å². The number of para-hydroxylation sites is 1. The number of Topliss-reactive ketones (excluding diaryl/α,β-unsaturated/α-hetero) is 1. The molecular formula is C26H33N3O5. The van der Waals surface area contributed by atoms with Crippen LogP contribution >= 0.6 is 0 Å². The van der Waals surface area contributed by atoms with E-state index in [1.54, 1.807) is 48.5 Å². The Morgan fingerprint density at radius 1 is 1.12 bits per heavy atom. The van der Waals surface area contributed by atoms with Crippen LogP contribution in [-0.2, 0) is 19.1 Å². The summed E-state index contributed by atoms with van der Waals surface area (Å²) in [6, 6.07) is 12.9. The number of anilines is 2. The average molecular weight is 468 g/mol. The summed E-state index contributed by atoms with van der Waals surface area (Å²) in [5.74, 6) is -2.63. The van der Waals surface area contributed by atoms with Gasteiger partial charge in [0.25, 0.3) is 0 Å². The number of methoxy groups -OCH3 is 1. The maximum Gasteiger partial charge on any atom is 0.340 e. The van der Waals surface area contributed by atoms with Crippen molar-refractivity contribution in [1.82, 2.24) is 0 Å². The van der Waals surface area contributed by atoms with Crippen molar-refractivity contribution in [2.24, 2.45) is 17.6 Å². The molecule has 0 saturated carbocycles. The van der Waals surface area contributed by atoms with Crippen LogP contribution in [0.25, 0.3) is 0 Å². The lowest BCUT2D eigenvalue weighted by atomic mass is 9.65. The lowest BCUT2D eigenvalue weighted by Crippen LogP contribution is -2.70. The summed E-state index contributed by atoms with van der Waals surface area (Å²) in [5, 5.41) is 0. The lowest BCUT2D eigenvalue weighted by Gasteiger charge is -2.48. The highest BCUT2D eigenvalue weighted by molar-refractivity contribution is 6.18. The normalized spacial score (nSPS) is 18.3. The van der Waals surface area contributed by atoms with Gasteiger partial charge in [0.1, 0.15) is 5.75 Å². The van der Waals surface area contributed by atoms with Crippen molar-refractivity contribution < 1.29 is 23.9 Å². The Labute approximate surface area is 200 Å². The summed E-state index contributed by atoms with van der Waals surface area (Å²) < 4.78 is 11.2. The third-order valence-electron chi connectivity index (χ3n) is 6.50. The number of rotatable bonds is 8. The molecule has 0 spiro atoms. The molecule has 8 heteroatoms. The van der Waals surface area contributed by atoms with Crippen molar-refractivity contribution in [3.63, 3.8) is 0 Å². The highest BCUT2D eigenvalue weighted by Crippen LogP contribution is 2.49. The van der Waals surface area contributed by atoms with Gasteiger partial charge >= 0.3 is 5.97 Å². The summed E-state index contributed by atoms with van der Waals surface area (Å²) in [7, 11) is 1.22. The molecule has 0 fully saturated rings. The minimum atomic E-state index is -1.99. The monoisotopic (exact) mass is 467 g/mol. The molecule has 2 aromatic rings. The number of esters is 1. The fourth-order valence-corrected chi connectivity index (χ4v) is 5.15. The molecule has 4 N–H and O–H groups in total. The second kappa shape index (κ2) is 9.85. The maximum absolute atomic E-state index is 13.8. The number of carbonyl (C=O) groups excluding carboxylic acids is 3. The molecule has 0 aliphatic carbocycles. The highest BCUT2D eigenvalue weighted by Gasteiger charge is 2.62. The van der Waals surface area contributed by atoms with E-state index in [-0.39, 0.29) is 12.5 Å². The van der Waals surface area contributed by atoms with Gasteiger partial charge in [-0.3, -0.25) is 14.5 Å². The number of hydrogen-bond donors (Lipinski definition) is 2. The van der Waals surface area contributed by atoms with Crippen molar-refractivity contribution in [2.75, 3.05) is 24.4 Å². The number of nitrogens with two attached hydrogens (primary N) is 2. The minimum Gasteiger partial charge on any atom is -0.493 e. The van der Waals surface area contributed by atoms with Crippen molar-refractivity contribution in [3.8, 4) is 5.75 Å². The van der Waals surface area contributed by atoms with Gasteiger partial charge in [0.05, 0.1) is 19.8 Å². The zero-order chi connectivity index (χ0) is 25.2. The Hall–Kier alpha value is -3.39. The Kier molecular flexibility index (Phi) is 7.31. The van der Waals surface area contributed by atoms with Gasteiger partial charge in [-0.2, -0.15) is 0 Å². The first-order valence-electron chi connectivity index (χ1n) is 11.3. The van der Waals surface area contributed by atoms with Gasteiger partial charge in [-0.05, 0) is 50.1 Å². The van der Waals surface area contributed by atoms with Crippen molar-refractivity contribution in [2.45, 2.75) is 45.2 Å². The Bertz CT molecular complexity index is 1070. The topological polar surface area (TPSA) is 125 Å². The SMILES string of the molecule is COC(=O)[C@](C(C)=O)(C(C(C)C)C1COc2ccc(N)cc21)N(C(=O)[C@H](C)N)c1ccccc1. The van der Waals surface area contributed by atoms with Gasteiger partial charge in [-0.15, -0.1) is 0 Å². The molecule has 0 aromatic heterocycles. The van der Waals surface area contributed by atoms with Crippen LogP contribution in [0.15, 0.2) is 48.5 Å². The molecule has 0 bridgehead atoms. The van der Waals surface area contributed by atoms with Crippen LogP contribution in [0.4, 0.5) is 11.4 Å². The third kappa shape index (κ3) is 4.14. The standard InChI is InChI=1S/C26H33N3O5/c1-15(2)23(21-14-34-22-12-11-18(28)13-20(21)22)26(17(4)30,25(32)33-5)29(24(31)16(3)27)19-9-7-6-8-10-19/h6-13,15-16,21,23H,14,27-28H2,1-5H3/t16-,21?,23?,26-/m0/s1. The summed E-state index contributed by atoms with van der Waals surface area (Å²) in [6.07, 6.45) is 0. The molecule has 34 heavy (non-hydrogen) atoms. The van der Waals surface area contributed by atoms with Crippen LogP contribution < -0.4 is 21.1 Å². The Morgan fingerprint density at radius 2 is 1.76 bits per heavy atom. The van der Waals surface area contributed by atoms with Crippen LogP contribution in [0.3, 0.4) is 0 Å². The second-order valence-electron chi connectivity index (χ2n) is 9.10. The number of hydrogen-bond acceptors (Lipinski definition) is 7. The average Bonchev–Trinajstić information content (AvgIpc) is 3.20. The van der Waals surface area contributed by atoms with E-state index in [1.165, 1.54) is 25.9 Å². The van der Waals surface area contributed by atoms with Crippen LogP contribution in [0.1, 0.15) is 39.2 Å². The van der Waals surface area contributed by atoms with E-state index in [9.17, 15) is 14.4 Å². The molecule has 0 radical (unpaired) electrons. The first-order valence-corrected chi connectivity index (χ1v) is 11.3. The Balaban J connectivity index is 2.37. The smallest absolute Gasteiger partial charge is 0.340 e. The number of carbonyl (C=O) groups is 3. The molecule has 182 valence electrons. The van der Waals surface area contributed by atoms with Crippen LogP contribution in [0.2, 0.25) is 0 Å². The van der Waals surface area contributed by atoms with E-state index in [1.807, 2.05) is 13.8 Å². The van der Waals surface area contributed by atoms with E-state index in [0.29, 0.717) is 17.1 Å². The highest BCUT2D eigenvalue weighted by atomic mass is 16.5. The number of benzene rings is 2. The first-order chi connectivity index (χ1) is 16.1. The van der Waals surface area contributed by atoms with Crippen molar-refractivity contribution >= 4 is 29.0 Å². The molecule has 1 aliphatic heterocycles. The molecule has 4 atom stereocenters. The van der Waals surface area contributed by atoms with Crippen molar-refractivity contribution in [1.29, 1.82) is 0 Å². The summed E-state index contributed by atoms with van der Waals surface area (Å²) in [4.78, 5) is 42.3. The molecule has 1 amide bonds. The molecule has 3 rings (SSSR count). The van der Waals surface area contributed by atoms with Gasteiger partial charge in [-0.1, -0.05) is 32.0 Å². The summed E-state index contributed by atoms with van der Waals surface area (Å²) in [5.41, 5.74) is 11.8. The quantitative estimate of drug-likeness (QED) is 0.347. The summed E-state index contributed by atoms with van der Waals surface area (Å²) in [6.45, 7) is 6.89. The molecule has 2 aromatic carbocycles. The molecular weight excluding hydrogens is 434 g/mol. The number of nitrogen functional groups attached to an aromatic ring is 1. The number of ether oxygens (including phenoxy) is 2. The largest absolute Gasteiger partial charge is 0.493 e. The zero-order valence-electron chi connectivity index (χ0n) is 20.3.